The molecule has 0 aliphatic carbocycles. The Bertz CT molecular complexity index is 334. The van der Waals surface area contributed by atoms with Crippen molar-refractivity contribution in [1.29, 1.82) is 0 Å². The van der Waals surface area contributed by atoms with Gasteiger partial charge in [0.25, 0.3) is 0 Å². The Morgan fingerprint density at radius 2 is 1.95 bits per heavy atom. The summed E-state index contributed by atoms with van der Waals surface area (Å²) in [7, 11) is 3.44. The van der Waals surface area contributed by atoms with Gasteiger partial charge in [0, 0.05) is 27.2 Å². The number of likely N-dealkylation sites (N-methyl/N-ethyl adjacent to an activating group) is 2. The molecule has 0 aromatic carbocycles. The van der Waals surface area contributed by atoms with E-state index >= 15 is 0 Å². The van der Waals surface area contributed by atoms with E-state index in [2.05, 4.69) is 19.2 Å². The molecule has 1 aliphatic rings. The number of carbonyl (C=O) groups excluding carboxylic acids is 2. The first-order valence-corrected chi connectivity index (χ1v) is 7.05. The number of nitrogens with one attached hydrogen (secondary N) is 1. The summed E-state index contributed by atoms with van der Waals surface area (Å²) in [5.74, 6) is 0.365. The molecule has 1 atom stereocenters. The van der Waals surface area contributed by atoms with Crippen molar-refractivity contribution in [3.05, 3.63) is 0 Å². The third-order valence-electron chi connectivity index (χ3n) is 4.21. The lowest BCUT2D eigenvalue weighted by Gasteiger charge is -2.36. The fraction of sp³-hybridized carbons (Fsp3) is 0.857. The summed E-state index contributed by atoms with van der Waals surface area (Å²) >= 11 is 0. The van der Waals surface area contributed by atoms with Gasteiger partial charge in [0.15, 0.2) is 0 Å². The van der Waals surface area contributed by atoms with Gasteiger partial charge in [-0.15, -0.1) is 0 Å². The van der Waals surface area contributed by atoms with E-state index in [1.165, 1.54) is 4.90 Å². The van der Waals surface area contributed by atoms with Crippen molar-refractivity contribution < 1.29 is 9.59 Å². The fourth-order valence-corrected chi connectivity index (χ4v) is 2.58. The number of hydrogen-bond acceptors (Lipinski definition) is 3. The molecule has 1 unspecified atom stereocenters. The molecule has 0 saturated carbocycles. The van der Waals surface area contributed by atoms with Gasteiger partial charge in [-0.2, -0.15) is 0 Å². The molecule has 2 amide bonds. The van der Waals surface area contributed by atoms with Crippen molar-refractivity contribution in [3.63, 3.8) is 0 Å². The van der Waals surface area contributed by atoms with Gasteiger partial charge >= 0.3 is 0 Å². The van der Waals surface area contributed by atoms with Crippen LogP contribution in [0.2, 0.25) is 0 Å². The van der Waals surface area contributed by atoms with E-state index in [4.69, 9.17) is 0 Å². The van der Waals surface area contributed by atoms with Crippen LogP contribution in [0.1, 0.15) is 27.2 Å². The van der Waals surface area contributed by atoms with Gasteiger partial charge in [-0.05, 0) is 25.8 Å². The highest BCUT2D eigenvalue weighted by molar-refractivity contribution is 5.88. The van der Waals surface area contributed by atoms with Crippen LogP contribution in [0.15, 0.2) is 0 Å². The number of amides is 2. The molecule has 0 aromatic rings. The van der Waals surface area contributed by atoms with Crippen molar-refractivity contribution in [2.45, 2.75) is 27.2 Å². The van der Waals surface area contributed by atoms with E-state index in [1.54, 1.807) is 19.0 Å². The number of hydrogen-bond donors (Lipinski definition) is 1. The molecule has 0 spiro atoms. The molecule has 1 rings (SSSR count). The SMILES string of the molecule is CCN(CC(=O)N(C)C)C(=O)C1(C(C)C)CCNC1. The number of nitrogens with zero attached hydrogens (tertiary/aromatic N) is 2. The van der Waals surface area contributed by atoms with Gasteiger partial charge in [-0.3, -0.25) is 9.59 Å². The summed E-state index contributed by atoms with van der Waals surface area (Å²) in [5, 5.41) is 3.29. The highest BCUT2D eigenvalue weighted by Crippen LogP contribution is 2.36. The summed E-state index contributed by atoms with van der Waals surface area (Å²) in [5.41, 5.74) is -0.345. The largest absolute Gasteiger partial charge is 0.347 e. The van der Waals surface area contributed by atoms with Crippen LogP contribution >= 0.6 is 0 Å². The zero-order chi connectivity index (χ0) is 14.6. The first-order valence-electron chi connectivity index (χ1n) is 7.05. The van der Waals surface area contributed by atoms with Crippen LogP contribution in [0, 0.1) is 11.3 Å². The quantitative estimate of drug-likeness (QED) is 0.793. The van der Waals surface area contributed by atoms with Crippen LogP contribution in [-0.4, -0.2) is 61.9 Å². The van der Waals surface area contributed by atoms with Crippen molar-refractivity contribution in [3.8, 4) is 0 Å². The molecule has 19 heavy (non-hydrogen) atoms. The lowest BCUT2D eigenvalue weighted by Crippen LogP contribution is -2.50. The third-order valence-corrected chi connectivity index (χ3v) is 4.21. The zero-order valence-corrected chi connectivity index (χ0v) is 12.8. The maximum absolute atomic E-state index is 12.8. The van der Waals surface area contributed by atoms with Crippen LogP contribution in [0.4, 0.5) is 0 Å². The first kappa shape index (κ1) is 16.0. The van der Waals surface area contributed by atoms with Crippen LogP contribution in [0.25, 0.3) is 0 Å². The van der Waals surface area contributed by atoms with Gasteiger partial charge in [0.2, 0.25) is 11.8 Å². The van der Waals surface area contributed by atoms with Gasteiger partial charge < -0.3 is 15.1 Å². The molecule has 1 fully saturated rings. The van der Waals surface area contributed by atoms with Gasteiger partial charge in [-0.1, -0.05) is 13.8 Å². The van der Waals surface area contributed by atoms with Gasteiger partial charge in [0.1, 0.15) is 0 Å². The lowest BCUT2D eigenvalue weighted by molar-refractivity contribution is -0.147. The Kier molecular flexibility index (Phi) is 5.35. The highest BCUT2D eigenvalue weighted by atomic mass is 16.2. The van der Waals surface area contributed by atoms with E-state index in [0.717, 1.165) is 19.5 Å². The molecule has 0 aromatic heterocycles. The van der Waals surface area contributed by atoms with Gasteiger partial charge in [0.05, 0.1) is 12.0 Å². The maximum atomic E-state index is 12.8. The molecular formula is C14H27N3O2. The van der Waals surface area contributed by atoms with E-state index in [-0.39, 0.29) is 29.7 Å². The Balaban J connectivity index is 2.85. The minimum atomic E-state index is -0.345. The summed E-state index contributed by atoms with van der Waals surface area (Å²) in [6.07, 6.45) is 0.857. The molecule has 0 bridgehead atoms. The average Bonchev–Trinajstić information content (AvgIpc) is 2.85. The molecule has 1 aliphatic heterocycles. The number of carbonyl (C=O) groups is 2. The van der Waals surface area contributed by atoms with Crippen LogP contribution < -0.4 is 5.32 Å². The molecule has 5 nitrogen and oxygen atoms in total. The molecule has 0 radical (unpaired) electrons. The minimum absolute atomic E-state index is 0.0277. The van der Waals surface area contributed by atoms with Crippen LogP contribution in [0.3, 0.4) is 0 Å². The first-order chi connectivity index (χ1) is 8.85. The molecule has 5 heteroatoms. The van der Waals surface area contributed by atoms with E-state index in [1.807, 2.05) is 6.92 Å². The number of rotatable bonds is 5. The average molecular weight is 269 g/mol. The van der Waals surface area contributed by atoms with Crippen LogP contribution in [0.5, 0.6) is 0 Å². The zero-order valence-electron chi connectivity index (χ0n) is 12.8. The summed E-state index contributed by atoms with van der Waals surface area (Å²) < 4.78 is 0. The smallest absolute Gasteiger partial charge is 0.241 e. The van der Waals surface area contributed by atoms with Crippen LogP contribution in [-0.2, 0) is 9.59 Å². The van der Waals surface area contributed by atoms with E-state index in [0.29, 0.717) is 6.54 Å². The Hall–Kier alpha value is -1.10. The fourth-order valence-electron chi connectivity index (χ4n) is 2.58. The van der Waals surface area contributed by atoms with Crippen molar-refractivity contribution >= 4 is 11.8 Å². The van der Waals surface area contributed by atoms with Crippen molar-refractivity contribution in [2.75, 3.05) is 40.3 Å². The van der Waals surface area contributed by atoms with E-state index < -0.39 is 0 Å². The Morgan fingerprint density at radius 3 is 2.32 bits per heavy atom. The predicted molar refractivity (Wildman–Crippen MR) is 75.7 cm³/mol. The molecule has 1 saturated heterocycles. The maximum Gasteiger partial charge on any atom is 0.241 e. The van der Waals surface area contributed by atoms with Crippen molar-refractivity contribution in [2.24, 2.45) is 11.3 Å². The molecular weight excluding hydrogens is 242 g/mol. The lowest BCUT2D eigenvalue weighted by atomic mass is 9.75. The monoisotopic (exact) mass is 269 g/mol. The highest BCUT2D eigenvalue weighted by Gasteiger charge is 2.46. The molecule has 110 valence electrons. The third kappa shape index (κ3) is 3.26. The molecule has 1 heterocycles. The second-order valence-electron chi connectivity index (χ2n) is 5.85. The summed E-state index contributed by atoms with van der Waals surface area (Å²) in [6, 6.07) is 0. The second-order valence-corrected chi connectivity index (χ2v) is 5.85. The van der Waals surface area contributed by atoms with Gasteiger partial charge in [-0.25, -0.2) is 0 Å². The Labute approximate surface area is 116 Å². The van der Waals surface area contributed by atoms with Crippen molar-refractivity contribution in [1.82, 2.24) is 15.1 Å². The topological polar surface area (TPSA) is 52.7 Å². The Morgan fingerprint density at radius 1 is 1.32 bits per heavy atom. The summed E-state index contributed by atoms with van der Waals surface area (Å²) in [6.45, 7) is 8.46. The molecule has 1 N–H and O–H groups in total. The van der Waals surface area contributed by atoms with E-state index in [9.17, 15) is 9.59 Å². The second kappa shape index (κ2) is 6.37. The summed E-state index contributed by atoms with van der Waals surface area (Å²) in [4.78, 5) is 27.9. The predicted octanol–water partition coefficient (Wildman–Crippen LogP) is 0.559. The minimum Gasteiger partial charge on any atom is -0.347 e. The normalized spacial score (nSPS) is 22.6. The standard InChI is InChI=1S/C14H27N3O2/c1-6-17(9-12(18)16(4)5)13(19)14(11(2)3)7-8-15-10-14/h11,15H,6-10H2,1-5H3.